The van der Waals surface area contributed by atoms with Crippen LogP contribution in [0.15, 0.2) is 76.4 Å². The first-order chi connectivity index (χ1) is 13.6. The number of hydrogen-bond donors (Lipinski definition) is 1. The maximum Gasteiger partial charge on any atom is 0.307 e. The number of carbonyl (C=O) groups is 1. The molecule has 2 heterocycles. The Kier molecular flexibility index (Phi) is 4.68. The van der Waals surface area contributed by atoms with E-state index in [4.69, 9.17) is 9.15 Å². The van der Waals surface area contributed by atoms with Gasteiger partial charge in [-0.1, -0.05) is 18.2 Å². The van der Waals surface area contributed by atoms with Crippen LogP contribution >= 0.6 is 0 Å². The highest BCUT2D eigenvalue weighted by Gasteiger charge is 2.11. The average Bonchev–Trinajstić information content (AvgIpc) is 3.31. The van der Waals surface area contributed by atoms with Gasteiger partial charge in [-0.3, -0.25) is 4.79 Å². The van der Waals surface area contributed by atoms with Gasteiger partial charge in [-0.05, 0) is 49.4 Å². The van der Waals surface area contributed by atoms with Crippen molar-refractivity contribution in [3.05, 3.63) is 83.9 Å². The number of ether oxygens (including phenoxy) is 1. The van der Waals surface area contributed by atoms with Gasteiger partial charge >= 0.3 is 5.91 Å². The van der Waals surface area contributed by atoms with Gasteiger partial charge in [-0.15, -0.1) is 0 Å². The number of furan rings is 1. The zero-order valence-electron chi connectivity index (χ0n) is 15.5. The van der Waals surface area contributed by atoms with Crippen molar-refractivity contribution in [1.82, 2.24) is 9.99 Å². The molecule has 0 aliphatic heterocycles. The van der Waals surface area contributed by atoms with Gasteiger partial charge in [0.25, 0.3) is 0 Å². The Labute approximate surface area is 162 Å². The second-order valence-electron chi connectivity index (χ2n) is 6.33. The number of nitrogens with one attached hydrogen (secondary N) is 1. The fourth-order valence-corrected chi connectivity index (χ4v) is 3.00. The number of para-hydroxylation sites is 1. The average molecular weight is 373 g/mol. The number of aryl methyl sites for hydroxylation is 1. The van der Waals surface area contributed by atoms with Gasteiger partial charge in [-0.2, -0.15) is 5.10 Å². The molecule has 2 aromatic heterocycles. The Balaban J connectivity index is 1.46. The molecular weight excluding hydrogens is 354 g/mol. The molecule has 140 valence electrons. The summed E-state index contributed by atoms with van der Waals surface area (Å²) in [7, 11) is 1.64. The Hall–Kier alpha value is -3.80. The second-order valence-corrected chi connectivity index (χ2v) is 6.33. The number of rotatable bonds is 5. The van der Waals surface area contributed by atoms with Crippen molar-refractivity contribution >= 4 is 23.1 Å². The lowest BCUT2D eigenvalue weighted by atomic mass is 10.2. The molecule has 28 heavy (non-hydrogen) atoms. The SMILES string of the molecule is COc1ccc(-n2cc(/C=N/NC(=O)c3cc4ccccc4o3)cc2C)cc1. The largest absolute Gasteiger partial charge is 0.497 e. The summed E-state index contributed by atoms with van der Waals surface area (Å²) in [6, 6.07) is 18.9. The van der Waals surface area contributed by atoms with E-state index in [0.29, 0.717) is 5.58 Å². The summed E-state index contributed by atoms with van der Waals surface area (Å²) in [6.45, 7) is 2.01. The van der Waals surface area contributed by atoms with Gasteiger partial charge < -0.3 is 13.7 Å². The van der Waals surface area contributed by atoms with Crippen LogP contribution in [0.25, 0.3) is 16.7 Å². The van der Waals surface area contributed by atoms with E-state index in [9.17, 15) is 4.79 Å². The van der Waals surface area contributed by atoms with Crippen LogP contribution in [0.4, 0.5) is 0 Å². The quantitative estimate of drug-likeness (QED) is 0.419. The fraction of sp³-hybridized carbons (Fsp3) is 0.0909. The standard InChI is InChI=1S/C22H19N3O3/c1-15-11-16(14-25(15)18-7-9-19(27-2)10-8-18)13-23-24-22(26)21-12-17-5-3-4-6-20(17)28-21/h3-14H,1-2H3,(H,24,26)/b23-13+. The van der Waals surface area contributed by atoms with Gasteiger partial charge in [-0.25, -0.2) is 5.43 Å². The van der Waals surface area contributed by atoms with E-state index in [2.05, 4.69) is 10.5 Å². The van der Waals surface area contributed by atoms with Crippen molar-refractivity contribution in [3.63, 3.8) is 0 Å². The van der Waals surface area contributed by atoms with E-state index < -0.39 is 5.91 Å². The fourth-order valence-electron chi connectivity index (χ4n) is 3.00. The van der Waals surface area contributed by atoms with Crippen molar-refractivity contribution in [2.75, 3.05) is 7.11 Å². The molecule has 0 bridgehead atoms. The number of amides is 1. The van der Waals surface area contributed by atoms with Gasteiger partial charge in [0.2, 0.25) is 0 Å². The Morgan fingerprint density at radius 1 is 1.14 bits per heavy atom. The molecule has 0 spiro atoms. The predicted molar refractivity (Wildman–Crippen MR) is 108 cm³/mol. The molecule has 0 fully saturated rings. The summed E-state index contributed by atoms with van der Waals surface area (Å²) in [5.74, 6) is 0.646. The topological polar surface area (TPSA) is 68.8 Å². The van der Waals surface area contributed by atoms with Crippen molar-refractivity contribution in [3.8, 4) is 11.4 Å². The minimum Gasteiger partial charge on any atom is -0.497 e. The summed E-state index contributed by atoms with van der Waals surface area (Å²) in [4.78, 5) is 12.2. The molecule has 6 heteroatoms. The third-order valence-electron chi connectivity index (χ3n) is 4.41. The second kappa shape index (κ2) is 7.44. The highest BCUT2D eigenvalue weighted by atomic mass is 16.5. The van der Waals surface area contributed by atoms with Crippen molar-refractivity contribution in [1.29, 1.82) is 0 Å². The molecule has 0 atom stereocenters. The molecule has 4 rings (SSSR count). The van der Waals surface area contributed by atoms with E-state index in [1.165, 1.54) is 0 Å². The molecule has 1 N–H and O–H groups in total. The predicted octanol–water partition coefficient (Wildman–Crippen LogP) is 4.30. The van der Waals surface area contributed by atoms with Crippen molar-refractivity contribution < 1.29 is 13.9 Å². The van der Waals surface area contributed by atoms with Crippen LogP contribution in [0.2, 0.25) is 0 Å². The summed E-state index contributed by atoms with van der Waals surface area (Å²) in [5.41, 5.74) is 6.12. The summed E-state index contributed by atoms with van der Waals surface area (Å²) >= 11 is 0. The van der Waals surface area contributed by atoms with E-state index in [-0.39, 0.29) is 5.76 Å². The highest BCUT2D eigenvalue weighted by molar-refractivity contribution is 5.96. The highest BCUT2D eigenvalue weighted by Crippen LogP contribution is 2.19. The molecule has 1 amide bonds. The Morgan fingerprint density at radius 3 is 2.68 bits per heavy atom. The van der Waals surface area contributed by atoms with Crippen LogP contribution in [0.3, 0.4) is 0 Å². The molecule has 0 unspecified atom stereocenters. The molecule has 0 saturated heterocycles. The lowest BCUT2D eigenvalue weighted by molar-refractivity contribution is 0.0929. The first kappa shape index (κ1) is 17.6. The summed E-state index contributed by atoms with van der Waals surface area (Å²) in [5, 5.41) is 4.92. The van der Waals surface area contributed by atoms with Crippen LogP contribution < -0.4 is 10.2 Å². The van der Waals surface area contributed by atoms with E-state index in [1.54, 1.807) is 19.4 Å². The number of carbonyl (C=O) groups excluding carboxylic acids is 1. The molecule has 0 saturated carbocycles. The van der Waals surface area contributed by atoms with E-state index >= 15 is 0 Å². The zero-order valence-corrected chi connectivity index (χ0v) is 15.5. The van der Waals surface area contributed by atoms with Gasteiger partial charge in [0.05, 0.1) is 13.3 Å². The van der Waals surface area contributed by atoms with Crippen molar-refractivity contribution in [2.45, 2.75) is 6.92 Å². The zero-order chi connectivity index (χ0) is 19.5. The van der Waals surface area contributed by atoms with Crippen LogP contribution in [-0.4, -0.2) is 23.8 Å². The normalized spacial score (nSPS) is 11.2. The summed E-state index contributed by atoms with van der Waals surface area (Å²) < 4.78 is 12.8. The number of benzene rings is 2. The Morgan fingerprint density at radius 2 is 1.93 bits per heavy atom. The first-order valence-electron chi connectivity index (χ1n) is 8.79. The first-order valence-corrected chi connectivity index (χ1v) is 8.79. The van der Waals surface area contributed by atoms with E-state index in [0.717, 1.165) is 28.1 Å². The number of methoxy groups -OCH3 is 1. The van der Waals surface area contributed by atoms with Gasteiger partial charge in [0, 0.05) is 28.5 Å². The van der Waals surface area contributed by atoms with Crippen LogP contribution in [-0.2, 0) is 0 Å². The molecule has 0 radical (unpaired) electrons. The maximum atomic E-state index is 12.2. The van der Waals surface area contributed by atoms with Gasteiger partial charge in [0.1, 0.15) is 11.3 Å². The molecule has 6 nitrogen and oxygen atoms in total. The maximum absolute atomic E-state index is 12.2. The van der Waals surface area contributed by atoms with Gasteiger partial charge in [0.15, 0.2) is 5.76 Å². The monoisotopic (exact) mass is 373 g/mol. The lowest BCUT2D eigenvalue weighted by Crippen LogP contribution is -2.16. The van der Waals surface area contributed by atoms with Crippen LogP contribution in [0.1, 0.15) is 21.8 Å². The van der Waals surface area contributed by atoms with E-state index in [1.807, 2.05) is 72.3 Å². The lowest BCUT2D eigenvalue weighted by Gasteiger charge is -2.06. The number of fused-ring (bicyclic) bond motifs is 1. The molecule has 0 aliphatic carbocycles. The third-order valence-corrected chi connectivity index (χ3v) is 4.41. The molecular formula is C22H19N3O3. The molecule has 2 aromatic carbocycles. The molecule has 0 aliphatic rings. The minimum absolute atomic E-state index is 0.227. The van der Waals surface area contributed by atoms with Crippen LogP contribution in [0, 0.1) is 6.92 Å². The third kappa shape index (κ3) is 3.53. The van der Waals surface area contributed by atoms with Crippen molar-refractivity contribution in [2.24, 2.45) is 5.10 Å². The number of hydrogen-bond acceptors (Lipinski definition) is 4. The number of aromatic nitrogens is 1. The van der Waals surface area contributed by atoms with Crippen LogP contribution in [0.5, 0.6) is 5.75 Å². The molecule has 4 aromatic rings. The smallest absolute Gasteiger partial charge is 0.307 e. The number of hydrazone groups is 1. The number of nitrogens with zero attached hydrogens (tertiary/aromatic N) is 2. The summed E-state index contributed by atoms with van der Waals surface area (Å²) in [6.07, 6.45) is 3.56. The Bertz CT molecular complexity index is 1120. The minimum atomic E-state index is -0.390.